The highest BCUT2D eigenvalue weighted by Crippen LogP contribution is 2.27. The predicted octanol–water partition coefficient (Wildman–Crippen LogP) is 2.99. The first kappa shape index (κ1) is 21.8. The summed E-state index contributed by atoms with van der Waals surface area (Å²) in [6.07, 6.45) is 3.21. The molecule has 1 saturated heterocycles. The number of imidazole rings is 1. The molecule has 174 valence electrons. The molecule has 0 bridgehead atoms. The molecule has 0 aromatic carbocycles. The number of aryl methyl sites for hydroxylation is 1. The number of piperazine rings is 1. The zero-order valence-electron chi connectivity index (χ0n) is 19.1. The monoisotopic (exact) mass is 461 g/mol. The van der Waals surface area contributed by atoms with E-state index < -0.39 is 5.95 Å². The second-order valence-corrected chi connectivity index (χ2v) is 8.30. The summed E-state index contributed by atoms with van der Waals surface area (Å²) in [4.78, 5) is 35.3. The van der Waals surface area contributed by atoms with Crippen molar-refractivity contribution in [1.82, 2.24) is 34.8 Å². The third-order valence-electron chi connectivity index (χ3n) is 5.64. The molecule has 0 spiro atoms. The number of anilines is 3. The number of nitrogens with zero attached hydrogens (tertiary/aromatic N) is 7. The van der Waals surface area contributed by atoms with Crippen LogP contribution in [0.4, 0.5) is 21.8 Å². The van der Waals surface area contributed by atoms with Gasteiger partial charge in [0, 0.05) is 25.3 Å². The van der Waals surface area contributed by atoms with Gasteiger partial charge in [0.15, 0.2) is 0 Å². The highest BCUT2D eigenvalue weighted by Gasteiger charge is 2.20. The Morgan fingerprint density at radius 1 is 1.12 bits per heavy atom. The quantitative estimate of drug-likeness (QED) is 0.436. The van der Waals surface area contributed by atoms with Crippen LogP contribution in [0, 0.1) is 12.9 Å². The fourth-order valence-corrected chi connectivity index (χ4v) is 4.13. The van der Waals surface area contributed by atoms with E-state index in [-0.39, 0.29) is 17.5 Å². The molecule has 5 rings (SSSR count). The van der Waals surface area contributed by atoms with E-state index in [0.717, 1.165) is 18.1 Å². The molecule has 1 aliphatic heterocycles. The number of carbonyl (C=O) groups is 1. The van der Waals surface area contributed by atoms with E-state index in [9.17, 15) is 9.18 Å². The third-order valence-corrected chi connectivity index (χ3v) is 5.64. The smallest absolute Gasteiger partial charge is 0.241 e. The van der Waals surface area contributed by atoms with Gasteiger partial charge in [-0.15, -0.1) is 0 Å². The number of halogens is 1. The molecule has 4 aromatic heterocycles. The van der Waals surface area contributed by atoms with Gasteiger partial charge in [-0.05, 0) is 45.0 Å². The van der Waals surface area contributed by atoms with E-state index in [0.29, 0.717) is 41.8 Å². The minimum absolute atomic E-state index is 0.00972. The van der Waals surface area contributed by atoms with Gasteiger partial charge in [-0.25, -0.2) is 24.9 Å². The number of rotatable bonds is 5. The maximum atomic E-state index is 14.8. The molecule has 0 radical (unpaired) electrons. The molecule has 34 heavy (non-hydrogen) atoms. The first-order chi connectivity index (χ1) is 16.4. The minimum atomic E-state index is -0.636. The standard InChI is InChI=1S/C23H24FN9O/c1-13(2)33-14(3)28-21-18(33)10-17(29-22(21)24)16-6-7-26-23(30-16)31-19-5-4-15(11-27-19)32-9-8-25-12-20(32)34/h4-7,10-11,13,25H,8-9,12H2,1-3H3,(H,26,27,30,31). The van der Waals surface area contributed by atoms with Crippen LogP contribution in [0.25, 0.3) is 22.4 Å². The molecule has 2 N–H and O–H groups in total. The predicted molar refractivity (Wildman–Crippen MR) is 126 cm³/mol. The highest BCUT2D eigenvalue weighted by atomic mass is 19.1. The fourth-order valence-electron chi connectivity index (χ4n) is 4.13. The van der Waals surface area contributed by atoms with Crippen LogP contribution in [-0.2, 0) is 4.79 Å². The Morgan fingerprint density at radius 3 is 2.71 bits per heavy atom. The topological polar surface area (TPSA) is 114 Å². The Labute approximate surface area is 195 Å². The van der Waals surface area contributed by atoms with Crippen molar-refractivity contribution in [2.24, 2.45) is 0 Å². The van der Waals surface area contributed by atoms with Crippen LogP contribution in [0.3, 0.4) is 0 Å². The van der Waals surface area contributed by atoms with Crippen LogP contribution < -0.4 is 15.5 Å². The molecule has 0 unspecified atom stereocenters. The first-order valence-electron chi connectivity index (χ1n) is 11.0. The maximum absolute atomic E-state index is 14.8. The summed E-state index contributed by atoms with van der Waals surface area (Å²) >= 11 is 0. The first-order valence-corrected chi connectivity index (χ1v) is 11.0. The molecule has 1 amide bonds. The van der Waals surface area contributed by atoms with Crippen molar-refractivity contribution in [1.29, 1.82) is 0 Å². The molecule has 1 aliphatic rings. The van der Waals surface area contributed by atoms with Crippen molar-refractivity contribution in [2.75, 3.05) is 29.9 Å². The van der Waals surface area contributed by atoms with Crippen LogP contribution in [0.2, 0.25) is 0 Å². The van der Waals surface area contributed by atoms with Gasteiger partial charge in [0.1, 0.15) is 17.2 Å². The SMILES string of the molecule is Cc1nc2c(F)nc(-c3ccnc(Nc4ccc(N5CCNCC5=O)cn4)n3)cc2n1C(C)C. The van der Waals surface area contributed by atoms with Gasteiger partial charge in [0.2, 0.25) is 17.8 Å². The summed E-state index contributed by atoms with van der Waals surface area (Å²) in [7, 11) is 0. The third kappa shape index (κ3) is 4.05. The Bertz CT molecular complexity index is 1370. The number of amides is 1. The van der Waals surface area contributed by atoms with Gasteiger partial charge in [-0.3, -0.25) is 4.79 Å². The van der Waals surface area contributed by atoms with Crippen molar-refractivity contribution >= 4 is 34.4 Å². The highest BCUT2D eigenvalue weighted by molar-refractivity contribution is 5.95. The van der Waals surface area contributed by atoms with Gasteiger partial charge < -0.3 is 20.1 Å². The lowest BCUT2D eigenvalue weighted by atomic mass is 10.2. The Balaban J connectivity index is 1.41. The van der Waals surface area contributed by atoms with Gasteiger partial charge >= 0.3 is 0 Å². The Morgan fingerprint density at radius 2 is 1.97 bits per heavy atom. The number of fused-ring (bicyclic) bond motifs is 1. The van der Waals surface area contributed by atoms with Crippen molar-refractivity contribution < 1.29 is 9.18 Å². The number of nitrogens with one attached hydrogen (secondary N) is 2. The van der Waals surface area contributed by atoms with Crippen LogP contribution >= 0.6 is 0 Å². The van der Waals surface area contributed by atoms with E-state index in [1.165, 1.54) is 0 Å². The molecular weight excluding hydrogens is 437 g/mol. The molecule has 0 aliphatic carbocycles. The minimum Gasteiger partial charge on any atom is -0.325 e. The lowest BCUT2D eigenvalue weighted by molar-refractivity contribution is -0.118. The van der Waals surface area contributed by atoms with Crippen molar-refractivity contribution in [3.8, 4) is 11.4 Å². The van der Waals surface area contributed by atoms with Gasteiger partial charge in [0.05, 0.1) is 35.3 Å². The maximum Gasteiger partial charge on any atom is 0.241 e. The lowest BCUT2D eigenvalue weighted by Crippen LogP contribution is -2.48. The van der Waals surface area contributed by atoms with E-state index in [1.54, 1.807) is 35.5 Å². The zero-order valence-corrected chi connectivity index (χ0v) is 19.1. The molecule has 11 heteroatoms. The largest absolute Gasteiger partial charge is 0.325 e. The van der Waals surface area contributed by atoms with Crippen molar-refractivity contribution in [2.45, 2.75) is 26.8 Å². The molecule has 10 nitrogen and oxygen atoms in total. The second kappa shape index (κ2) is 8.75. The number of carbonyl (C=O) groups excluding carboxylic acids is 1. The summed E-state index contributed by atoms with van der Waals surface area (Å²) in [6, 6.07) is 7.17. The summed E-state index contributed by atoms with van der Waals surface area (Å²) in [6.45, 7) is 7.55. The summed E-state index contributed by atoms with van der Waals surface area (Å²) < 4.78 is 16.7. The molecule has 5 heterocycles. The fraction of sp³-hybridized carbons (Fsp3) is 0.304. The Hall–Kier alpha value is -3.99. The molecule has 0 saturated carbocycles. The molecule has 4 aromatic rings. The van der Waals surface area contributed by atoms with Crippen LogP contribution in [0.5, 0.6) is 0 Å². The van der Waals surface area contributed by atoms with Gasteiger partial charge in [-0.1, -0.05) is 0 Å². The number of hydrogen-bond acceptors (Lipinski definition) is 8. The molecule has 1 fully saturated rings. The van der Waals surface area contributed by atoms with E-state index in [4.69, 9.17) is 0 Å². The molecular formula is C23H24FN9O. The average Bonchev–Trinajstić information content (AvgIpc) is 3.17. The zero-order chi connectivity index (χ0) is 23.8. The summed E-state index contributed by atoms with van der Waals surface area (Å²) in [5, 5.41) is 6.10. The number of pyridine rings is 2. The van der Waals surface area contributed by atoms with E-state index in [1.807, 2.05) is 31.4 Å². The summed E-state index contributed by atoms with van der Waals surface area (Å²) in [5.41, 5.74) is 2.50. The normalized spacial score (nSPS) is 14.3. The van der Waals surface area contributed by atoms with Crippen LogP contribution in [-0.4, -0.2) is 55.0 Å². The molecule has 0 atom stereocenters. The van der Waals surface area contributed by atoms with Crippen LogP contribution in [0.1, 0.15) is 25.7 Å². The van der Waals surface area contributed by atoms with Gasteiger partial charge in [-0.2, -0.15) is 4.39 Å². The van der Waals surface area contributed by atoms with E-state index in [2.05, 4.69) is 35.6 Å². The van der Waals surface area contributed by atoms with Crippen molar-refractivity contribution in [3.05, 3.63) is 48.4 Å². The van der Waals surface area contributed by atoms with E-state index >= 15 is 0 Å². The lowest BCUT2D eigenvalue weighted by Gasteiger charge is -2.27. The van der Waals surface area contributed by atoms with Crippen LogP contribution in [0.15, 0.2) is 36.7 Å². The van der Waals surface area contributed by atoms with Crippen molar-refractivity contribution in [3.63, 3.8) is 0 Å². The summed E-state index contributed by atoms with van der Waals surface area (Å²) in [5.74, 6) is 0.918. The number of aromatic nitrogens is 6. The second-order valence-electron chi connectivity index (χ2n) is 8.30. The average molecular weight is 462 g/mol. The number of hydrogen-bond donors (Lipinski definition) is 2. The Kier molecular flexibility index (Phi) is 5.62. The van der Waals surface area contributed by atoms with Gasteiger partial charge in [0.25, 0.3) is 0 Å².